The Morgan fingerprint density at radius 3 is 2.59 bits per heavy atom. The SMILES string of the molecule is COc1ccc(CCNC(=O)c2cc(C(C)C)nc3c2c(C)nn3C)cc1. The van der Waals surface area contributed by atoms with Crippen LogP contribution in [-0.4, -0.2) is 34.3 Å². The first kappa shape index (κ1) is 18.9. The molecule has 27 heavy (non-hydrogen) atoms. The molecule has 0 aliphatic heterocycles. The van der Waals surface area contributed by atoms with Crippen molar-refractivity contribution in [2.75, 3.05) is 13.7 Å². The number of rotatable bonds is 6. The Morgan fingerprint density at radius 1 is 1.26 bits per heavy atom. The number of ether oxygens (including phenoxy) is 1. The third-order valence-electron chi connectivity index (χ3n) is 4.68. The average Bonchev–Trinajstić information content (AvgIpc) is 2.95. The Bertz CT molecular complexity index is 958. The van der Waals surface area contributed by atoms with Crippen LogP contribution >= 0.6 is 0 Å². The van der Waals surface area contributed by atoms with Gasteiger partial charge < -0.3 is 10.1 Å². The lowest BCUT2D eigenvalue weighted by Crippen LogP contribution is -2.26. The minimum absolute atomic E-state index is 0.0890. The van der Waals surface area contributed by atoms with Gasteiger partial charge in [-0.15, -0.1) is 0 Å². The van der Waals surface area contributed by atoms with E-state index >= 15 is 0 Å². The highest BCUT2D eigenvalue weighted by Crippen LogP contribution is 2.24. The fourth-order valence-electron chi connectivity index (χ4n) is 3.15. The molecule has 0 spiro atoms. The van der Waals surface area contributed by atoms with Crippen LogP contribution in [0.25, 0.3) is 11.0 Å². The molecule has 0 bridgehead atoms. The largest absolute Gasteiger partial charge is 0.497 e. The Labute approximate surface area is 159 Å². The Kier molecular flexibility index (Phi) is 5.44. The Hall–Kier alpha value is -2.89. The van der Waals surface area contributed by atoms with Crippen LogP contribution in [-0.2, 0) is 13.5 Å². The predicted molar refractivity (Wildman–Crippen MR) is 106 cm³/mol. The third-order valence-corrected chi connectivity index (χ3v) is 4.68. The maximum Gasteiger partial charge on any atom is 0.252 e. The van der Waals surface area contributed by atoms with Crippen LogP contribution in [0.3, 0.4) is 0 Å². The fraction of sp³-hybridized carbons (Fsp3) is 0.381. The summed E-state index contributed by atoms with van der Waals surface area (Å²) in [7, 11) is 3.51. The molecule has 6 nitrogen and oxygen atoms in total. The zero-order chi connectivity index (χ0) is 19.6. The predicted octanol–water partition coefficient (Wildman–Crippen LogP) is 3.38. The second-order valence-electron chi connectivity index (χ2n) is 7.01. The number of fused-ring (bicyclic) bond motifs is 1. The van der Waals surface area contributed by atoms with Gasteiger partial charge in [0.15, 0.2) is 5.65 Å². The van der Waals surface area contributed by atoms with Crippen LogP contribution in [0.4, 0.5) is 0 Å². The van der Waals surface area contributed by atoms with E-state index in [0.717, 1.165) is 40.2 Å². The van der Waals surface area contributed by atoms with Gasteiger partial charge in [0.05, 0.1) is 23.8 Å². The first-order valence-electron chi connectivity index (χ1n) is 9.16. The first-order chi connectivity index (χ1) is 12.9. The molecule has 2 heterocycles. The average molecular weight is 366 g/mol. The highest BCUT2D eigenvalue weighted by Gasteiger charge is 2.19. The lowest BCUT2D eigenvalue weighted by atomic mass is 10.0. The van der Waals surface area contributed by atoms with E-state index in [4.69, 9.17) is 9.72 Å². The fourth-order valence-corrected chi connectivity index (χ4v) is 3.15. The molecule has 0 aliphatic carbocycles. The summed E-state index contributed by atoms with van der Waals surface area (Å²) in [6.45, 7) is 6.62. The van der Waals surface area contributed by atoms with Gasteiger partial charge in [0, 0.05) is 19.3 Å². The van der Waals surface area contributed by atoms with Crippen molar-refractivity contribution < 1.29 is 9.53 Å². The van der Waals surface area contributed by atoms with E-state index in [0.29, 0.717) is 12.1 Å². The molecule has 1 aromatic carbocycles. The van der Waals surface area contributed by atoms with Gasteiger partial charge in [0.25, 0.3) is 5.91 Å². The summed E-state index contributed by atoms with van der Waals surface area (Å²) in [4.78, 5) is 17.6. The minimum atomic E-state index is -0.0890. The summed E-state index contributed by atoms with van der Waals surface area (Å²) >= 11 is 0. The molecular formula is C21H26N4O2. The Balaban J connectivity index is 1.80. The number of hydrogen-bond acceptors (Lipinski definition) is 4. The molecule has 3 rings (SSSR count). The highest BCUT2D eigenvalue weighted by atomic mass is 16.5. The monoisotopic (exact) mass is 366 g/mol. The van der Waals surface area contributed by atoms with Crippen molar-refractivity contribution in [3.8, 4) is 5.75 Å². The molecule has 1 amide bonds. The second-order valence-corrected chi connectivity index (χ2v) is 7.01. The molecule has 142 valence electrons. The molecule has 0 saturated heterocycles. The second kappa shape index (κ2) is 7.78. The number of methoxy groups -OCH3 is 1. The molecular weight excluding hydrogens is 340 g/mol. The number of nitrogens with one attached hydrogen (secondary N) is 1. The number of benzene rings is 1. The number of carbonyl (C=O) groups is 1. The zero-order valence-electron chi connectivity index (χ0n) is 16.5. The number of carbonyl (C=O) groups excluding carboxylic acids is 1. The van der Waals surface area contributed by atoms with Gasteiger partial charge in [-0.1, -0.05) is 26.0 Å². The summed E-state index contributed by atoms with van der Waals surface area (Å²) in [6.07, 6.45) is 0.757. The van der Waals surface area contributed by atoms with Crippen molar-refractivity contribution in [2.24, 2.45) is 7.05 Å². The van der Waals surface area contributed by atoms with E-state index in [-0.39, 0.29) is 11.8 Å². The molecule has 0 radical (unpaired) electrons. The van der Waals surface area contributed by atoms with Crippen molar-refractivity contribution >= 4 is 16.9 Å². The van der Waals surface area contributed by atoms with Gasteiger partial charge in [-0.25, -0.2) is 4.98 Å². The molecule has 1 N–H and O–H groups in total. The molecule has 0 saturated carbocycles. The number of aryl methyl sites for hydroxylation is 2. The zero-order valence-corrected chi connectivity index (χ0v) is 16.5. The van der Waals surface area contributed by atoms with Gasteiger partial charge in [-0.3, -0.25) is 9.48 Å². The lowest BCUT2D eigenvalue weighted by molar-refractivity contribution is 0.0955. The number of aromatic nitrogens is 3. The van der Waals surface area contributed by atoms with E-state index in [2.05, 4.69) is 24.3 Å². The molecule has 0 aliphatic rings. The standard InChI is InChI=1S/C21H26N4O2/c1-13(2)18-12-17(19-14(3)24-25(4)20(19)23-18)21(26)22-11-10-15-6-8-16(27-5)9-7-15/h6-9,12-13H,10-11H2,1-5H3,(H,22,26). The van der Waals surface area contributed by atoms with Crippen LogP contribution in [0.2, 0.25) is 0 Å². The van der Waals surface area contributed by atoms with E-state index in [9.17, 15) is 4.79 Å². The molecule has 2 aromatic heterocycles. The van der Waals surface area contributed by atoms with Gasteiger partial charge in [0.1, 0.15) is 5.75 Å². The van der Waals surface area contributed by atoms with Crippen molar-refractivity contribution in [3.05, 3.63) is 52.8 Å². The number of amides is 1. The van der Waals surface area contributed by atoms with Gasteiger partial charge in [-0.2, -0.15) is 5.10 Å². The quantitative estimate of drug-likeness (QED) is 0.726. The molecule has 0 unspecified atom stereocenters. The maximum absolute atomic E-state index is 12.9. The van der Waals surface area contributed by atoms with Gasteiger partial charge >= 0.3 is 0 Å². The van der Waals surface area contributed by atoms with E-state index in [1.165, 1.54) is 0 Å². The molecule has 0 fully saturated rings. The first-order valence-corrected chi connectivity index (χ1v) is 9.16. The summed E-state index contributed by atoms with van der Waals surface area (Å²) in [5.41, 5.74) is 4.25. The summed E-state index contributed by atoms with van der Waals surface area (Å²) < 4.78 is 6.91. The van der Waals surface area contributed by atoms with Crippen LogP contribution in [0, 0.1) is 6.92 Å². The van der Waals surface area contributed by atoms with E-state index in [1.807, 2.05) is 44.3 Å². The van der Waals surface area contributed by atoms with Crippen molar-refractivity contribution in [1.29, 1.82) is 0 Å². The van der Waals surface area contributed by atoms with Crippen molar-refractivity contribution in [1.82, 2.24) is 20.1 Å². The minimum Gasteiger partial charge on any atom is -0.497 e. The van der Waals surface area contributed by atoms with Crippen LogP contribution in [0.15, 0.2) is 30.3 Å². The van der Waals surface area contributed by atoms with E-state index in [1.54, 1.807) is 11.8 Å². The van der Waals surface area contributed by atoms with Crippen LogP contribution < -0.4 is 10.1 Å². The number of hydrogen-bond donors (Lipinski definition) is 1. The van der Waals surface area contributed by atoms with Crippen LogP contribution in [0.5, 0.6) is 5.75 Å². The molecule has 6 heteroatoms. The van der Waals surface area contributed by atoms with Crippen molar-refractivity contribution in [2.45, 2.75) is 33.1 Å². The lowest BCUT2D eigenvalue weighted by Gasteiger charge is -2.11. The number of pyridine rings is 1. The van der Waals surface area contributed by atoms with Gasteiger partial charge in [-0.05, 0) is 43.0 Å². The third kappa shape index (κ3) is 3.94. The summed E-state index contributed by atoms with van der Waals surface area (Å²) in [5, 5.41) is 8.30. The normalized spacial score (nSPS) is 11.2. The van der Waals surface area contributed by atoms with Crippen molar-refractivity contribution in [3.63, 3.8) is 0 Å². The number of nitrogens with zero attached hydrogens (tertiary/aromatic N) is 3. The molecule has 3 aromatic rings. The topological polar surface area (TPSA) is 69.0 Å². The smallest absolute Gasteiger partial charge is 0.252 e. The van der Waals surface area contributed by atoms with Gasteiger partial charge in [0.2, 0.25) is 0 Å². The van der Waals surface area contributed by atoms with E-state index < -0.39 is 0 Å². The maximum atomic E-state index is 12.9. The summed E-state index contributed by atoms with van der Waals surface area (Å²) in [5.74, 6) is 0.972. The Morgan fingerprint density at radius 2 is 1.96 bits per heavy atom. The molecule has 0 atom stereocenters. The van der Waals surface area contributed by atoms with Crippen LogP contribution in [0.1, 0.15) is 47.1 Å². The summed E-state index contributed by atoms with van der Waals surface area (Å²) in [6, 6.07) is 9.77. The highest BCUT2D eigenvalue weighted by molar-refractivity contribution is 6.06.